The number of amides is 1. The van der Waals surface area contributed by atoms with Crippen LogP contribution in [0, 0.1) is 11.3 Å². The molecule has 5 rings (SSSR count). The minimum absolute atomic E-state index is 0.272. The Hall–Kier alpha value is -1.80. The van der Waals surface area contributed by atoms with Crippen molar-refractivity contribution in [3.63, 3.8) is 0 Å². The molecule has 1 aliphatic carbocycles. The molecule has 2 aromatic heterocycles. The van der Waals surface area contributed by atoms with Crippen LogP contribution in [0.4, 0.5) is 4.79 Å². The molecule has 11 heteroatoms. The number of fused-ring (bicyclic) bond motifs is 4. The molecule has 2 aliphatic heterocycles. The molecule has 1 amide bonds. The van der Waals surface area contributed by atoms with Crippen molar-refractivity contribution in [3.05, 3.63) is 29.5 Å². The lowest BCUT2D eigenvalue weighted by Crippen LogP contribution is -2.63. The maximum Gasteiger partial charge on any atom is 0.408 e. The fourth-order valence-electron chi connectivity index (χ4n) is 4.88. The minimum atomic E-state index is -0.539. The molecule has 2 saturated heterocycles. The van der Waals surface area contributed by atoms with E-state index in [-0.39, 0.29) is 11.1 Å². The molecule has 9 nitrogen and oxygen atoms in total. The number of alkyl carbamates (subject to hydrolysis) is 1. The number of aromatic nitrogens is 2. The number of carbonyl (C=O) groups excluding carboxylic acids is 1. The van der Waals surface area contributed by atoms with Crippen LogP contribution in [0.5, 0.6) is 5.88 Å². The van der Waals surface area contributed by atoms with Crippen molar-refractivity contribution in [2.24, 2.45) is 0 Å². The number of rotatable bonds is 9. The van der Waals surface area contributed by atoms with Gasteiger partial charge in [0.1, 0.15) is 18.3 Å². The molecular formula is C25H32IN4O5P. The third kappa shape index (κ3) is 6.55. The van der Waals surface area contributed by atoms with Crippen LogP contribution < -0.4 is 10.1 Å². The van der Waals surface area contributed by atoms with Crippen LogP contribution in [-0.2, 0) is 20.4 Å². The molecule has 1 saturated carbocycles. The van der Waals surface area contributed by atoms with Gasteiger partial charge < -0.3 is 24.1 Å². The van der Waals surface area contributed by atoms with Gasteiger partial charge >= 0.3 is 6.09 Å². The van der Waals surface area contributed by atoms with Crippen molar-refractivity contribution in [1.29, 1.82) is 5.26 Å². The number of halogens is 1. The van der Waals surface area contributed by atoms with Gasteiger partial charge in [-0.25, -0.2) is 9.78 Å². The van der Waals surface area contributed by atoms with Gasteiger partial charge in [0.05, 0.1) is 47.4 Å². The van der Waals surface area contributed by atoms with Gasteiger partial charge in [-0.15, -0.1) is 0 Å². The standard InChI is InChI=1S/C25H32IN4O5P/c1-23(2,3)35-22(31)30-24-8-10-25(11-9-24,33-16-24)7-6-18-17(14-27)15-28-19-4-5-20(29-21(18)19)32-12-13-34-36-26/h4-5,15,36H,6-13,16H2,1-3H3,(H,30,31). The number of hydrogen-bond donors (Lipinski definition) is 1. The average Bonchev–Trinajstić information content (AvgIpc) is 2.85. The largest absolute Gasteiger partial charge is 0.475 e. The molecule has 1 atom stereocenters. The van der Waals surface area contributed by atoms with Gasteiger partial charge in [0, 0.05) is 12.3 Å². The molecule has 1 N–H and O–H groups in total. The molecule has 0 radical (unpaired) electrons. The second-order valence-corrected chi connectivity index (χ2v) is 12.2. The van der Waals surface area contributed by atoms with Crippen molar-refractivity contribution < 1.29 is 23.5 Å². The highest BCUT2D eigenvalue weighted by atomic mass is 127. The van der Waals surface area contributed by atoms with Gasteiger partial charge in [-0.1, -0.05) is 0 Å². The van der Waals surface area contributed by atoms with Gasteiger partial charge in [0.2, 0.25) is 5.88 Å². The van der Waals surface area contributed by atoms with Gasteiger partial charge in [-0.2, -0.15) is 5.26 Å². The Kier molecular flexibility index (Phi) is 8.55. The molecule has 36 heavy (non-hydrogen) atoms. The van der Waals surface area contributed by atoms with Crippen molar-refractivity contribution in [3.8, 4) is 11.9 Å². The lowest BCUT2D eigenvalue weighted by Gasteiger charge is -2.53. The predicted octanol–water partition coefficient (Wildman–Crippen LogP) is 5.38. The topological polar surface area (TPSA) is 116 Å². The van der Waals surface area contributed by atoms with E-state index in [1.54, 1.807) is 12.3 Å². The highest BCUT2D eigenvalue weighted by Gasteiger charge is 2.50. The lowest BCUT2D eigenvalue weighted by atomic mass is 9.69. The monoisotopic (exact) mass is 626 g/mol. The second-order valence-electron chi connectivity index (χ2n) is 10.4. The Morgan fingerprint density at radius 3 is 2.69 bits per heavy atom. The third-order valence-electron chi connectivity index (χ3n) is 6.77. The normalized spacial score (nSPS) is 23.6. The van der Waals surface area contributed by atoms with Gasteiger partial charge in [-0.3, -0.25) is 4.98 Å². The molecular weight excluding hydrogens is 594 g/mol. The van der Waals surface area contributed by atoms with Crippen LogP contribution in [0.25, 0.3) is 11.0 Å². The van der Waals surface area contributed by atoms with E-state index in [0.29, 0.717) is 49.7 Å². The first-order valence-electron chi connectivity index (χ1n) is 12.1. The van der Waals surface area contributed by atoms with Crippen molar-refractivity contribution in [2.75, 3.05) is 19.8 Å². The van der Waals surface area contributed by atoms with Crippen molar-refractivity contribution >= 4 is 45.6 Å². The second kappa shape index (κ2) is 11.3. The molecule has 3 aliphatic rings. The van der Waals surface area contributed by atoms with Crippen molar-refractivity contribution in [2.45, 2.75) is 76.0 Å². The maximum atomic E-state index is 12.4. The molecule has 3 fully saturated rings. The van der Waals surface area contributed by atoms with Crippen LogP contribution in [0.1, 0.15) is 64.0 Å². The smallest absolute Gasteiger partial charge is 0.408 e. The van der Waals surface area contributed by atoms with E-state index < -0.39 is 11.7 Å². The maximum absolute atomic E-state index is 12.4. The molecule has 0 spiro atoms. The van der Waals surface area contributed by atoms with Crippen LogP contribution in [0.15, 0.2) is 18.3 Å². The first kappa shape index (κ1) is 27.2. The molecule has 2 aromatic rings. The summed E-state index contributed by atoms with van der Waals surface area (Å²) in [5.41, 5.74) is 1.62. The van der Waals surface area contributed by atoms with E-state index in [1.165, 1.54) is 0 Å². The Balaban J connectivity index is 1.44. The quantitative estimate of drug-likeness (QED) is 0.224. The molecule has 1 unspecified atom stereocenters. The zero-order valence-electron chi connectivity index (χ0n) is 20.9. The SMILES string of the molecule is CC(C)(C)OC(=O)NC12CCC(CCc3c(C#N)cnc4ccc(OCCOPI)nc34)(CC1)OC2. The summed E-state index contributed by atoms with van der Waals surface area (Å²) >= 11 is 2.17. The Bertz CT molecular complexity index is 1130. The number of carbonyl (C=O) groups is 1. The summed E-state index contributed by atoms with van der Waals surface area (Å²) < 4.78 is 22.9. The number of nitriles is 1. The van der Waals surface area contributed by atoms with Crippen LogP contribution in [0.2, 0.25) is 0 Å². The molecule has 2 bridgehead atoms. The number of ether oxygens (including phenoxy) is 3. The summed E-state index contributed by atoms with van der Waals surface area (Å²) in [7, 11) is 0. The Labute approximate surface area is 226 Å². The first-order chi connectivity index (χ1) is 17.2. The van der Waals surface area contributed by atoms with E-state index >= 15 is 0 Å². The lowest BCUT2D eigenvalue weighted by molar-refractivity contribution is -0.163. The minimum Gasteiger partial charge on any atom is -0.475 e. The fraction of sp³-hybridized carbons (Fsp3) is 0.600. The van der Waals surface area contributed by atoms with Gasteiger partial charge in [0.15, 0.2) is 0 Å². The average molecular weight is 626 g/mol. The van der Waals surface area contributed by atoms with Gasteiger partial charge in [0.25, 0.3) is 0 Å². The zero-order chi connectivity index (χ0) is 25.8. The molecule has 194 valence electrons. The molecule has 4 heterocycles. The highest BCUT2D eigenvalue weighted by Crippen LogP contribution is 2.46. The van der Waals surface area contributed by atoms with E-state index in [1.807, 2.05) is 26.8 Å². The highest BCUT2D eigenvalue weighted by molar-refractivity contribution is 14.2. The fourth-order valence-corrected chi connectivity index (χ4v) is 5.70. The summed E-state index contributed by atoms with van der Waals surface area (Å²) in [5, 5.41) is 12.8. The van der Waals surface area contributed by atoms with Crippen molar-refractivity contribution in [1.82, 2.24) is 15.3 Å². The van der Waals surface area contributed by atoms with E-state index in [2.05, 4.69) is 43.4 Å². The van der Waals surface area contributed by atoms with E-state index in [9.17, 15) is 10.1 Å². The summed E-state index contributed by atoms with van der Waals surface area (Å²) in [4.78, 5) is 21.5. The summed E-state index contributed by atoms with van der Waals surface area (Å²) in [5.74, 6) is 0.490. The summed E-state index contributed by atoms with van der Waals surface area (Å²) in [6.45, 7) is 7.33. The number of hydrogen-bond acceptors (Lipinski definition) is 8. The third-order valence-corrected chi connectivity index (χ3v) is 8.02. The van der Waals surface area contributed by atoms with Gasteiger partial charge in [-0.05, 0) is 93.0 Å². The summed E-state index contributed by atoms with van der Waals surface area (Å²) in [6, 6.07) is 5.94. The van der Waals surface area contributed by atoms with Crippen LogP contribution in [-0.4, -0.2) is 52.6 Å². The number of nitrogens with one attached hydrogen (secondary N) is 1. The van der Waals surface area contributed by atoms with Crippen LogP contribution in [0.3, 0.4) is 0 Å². The Morgan fingerprint density at radius 1 is 1.28 bits per heavy atom. The Morgan fingerprint density at radius 2 is 2.06 bits per heavy atom. The number of nitrogens with zero attached hydrogens (tertiary/aromatic N) is 3. The predicted molar refractivity (Wildman–Crippen MR) is 146 cm³/mol. The van der Waals surface area contributed by atoms with E-state index in [4.69, 9.17) is 18.7 Å². The van der Waals surface area contributed by atoms with E-state index in [0.717, 1.165) is 43.2 Å². The molecule has 0 aromatic carbocycles. The number of pyridine rings is 2. The van der Waals surface area contributed by atoms with Crippen LogP contribution >= 0.6 is 28.5 Å². The first-order valence-corrected chi connectivity index (χ1v) is 16.1. The zero-order valence-corrected chi connectivity index (χ0v) is 24.0. The summed E-state index contributed by atoms with van der Waals surface area (Å²) in [6.07, 6.45) is 5.98. The number of aryl methyl sites for hydroxylation is 1.